The van der Waals surface area contributed by atoms with Gasteiger partial charge in [-0.25, -0.2) is 4.39 Å². The fourth-order valence-corrected chi connectivity index (χ4v) is 2.30. The lowest BCUT2D eigenvalue weighted by atomic mass is 10.2. The molecule has 1 amide bonds. The molecule has 4 nitrogen and oxygen atoms in total. The van der Waals surface area contributed by atoms with E-state index in [4.69, 9.17) is 16.0 Å². The third-order valence-electron chi connectivity index (χ3n) is 3.23. The SMILES string of the molecule is O=C(NCc1ccc(-c2ccco2)nc1)c1ccc(F)cc1Cl. The number of hydrogen-bond acceptors (Lipinski definition) is 3. The normalized spacial score (nSPS) is 10.5. The van der Waals surface area contributed by atoms with Crippen LogP contribution in [0.1, 0.15) is 15.9 Å². The van der Waals surface area contributed by atoms with E-state index in [9.17, 15) is 9.18 Å². The molecule has 0 aliphatic heterocycles. The molecule has 6 heteroatoms. The summed E-state index contributed by atoms with van der Waals surface area (Å²) in [6.45, 7) is 0.290. The van der Waals surface area contributed by atoms with Crippen molar-refractivity contribution in [2.24, 2.45) is 0 Å². The Hall–Kier alpha value is -2.66. The standard InChI is InChI=1S/C17H12ClFN2O2/c18-14-8-12(19)4-5-13(14)17(22)21-10-11-3-6-15(20-9-11)16-2-1-7-23-16/h1-9H,10H2,(H,21,22). The molecule has 0 spiro atoms. The van der Waals surface area contributed by atoms with E-state index in [-0.39, 0.29) is 23.0 Å². The molecule has 0 bridgehead atoms. The quantitative estimate of drug-likeness (QED) is 0.784. The second-order valence-corrected chi connectivity index (χ2v) is 5.24. The number of pyridine rings is 1. The van der Waals surface area contributed by atoms with Gasteiger partial charge in [0.25, 0.3) is 5.91 Å². The van der Waals surface area contributed by atoms with Crippen molar-refractivity contribution < 1.29 is 13.6 Å². The van der Waals surface area contributed by atoms with Crippen molar-refractivity contribution >= 4 is 17.5 Å². The van der Waals surface area contributed by atoms with Crippen molar-refractivity contribution in [1.29, 1.82) is 0 Å². The molecule has 116 valence electrons. The molecule has 0 aliphatic carbocycles. The summed E-state index contributed by atoms with van der Waals surface area (Å²) in [6.07, 6.45) is 3.24. The number of carbonyl (C=O) groups excluding carboxylic acids is 1. The van der Waals surface area contributed by atoms with Gasteiger partial charge in [-0.3, -0.25) is 9.78 Å². The van der Waals surface area contributed by atoms with Crippen molar-refractivity contribution in [2.75, 3.05) is 0 Å². The van der Waals surface area contributed by atoms with Gasteiger partial charge in [0.1, 0.15) is 11.5 Å². The van der Waals surface area contributed by atoms with Crippen LogP contribution in [0.2, 0.25) is 5.02 Å². The molecule has 0 aliphatic rings. The Balaban J connectivity index is 1.65. The Morgan fingerprint density at radius 1 is 1.26 bits per heavy atom. The Bertz CT molecular complexity index is 817. The van der Waals surface area contributed by atoms with Crippen molar-refractivity contribution in [2.45, 2.75) is 6.54 Å². The second kappa shape index (κ2) is 6.62. The summed E-state index contributed by atoms with van der Waals surface area (Å²) in [5.41, 5.74) is 1.77. The predicted octanol–water partition coefficient (Wildman–Crippen LogP) is 4.06. The number of carbonyl (C=O) groups is 1. The van der Waals surface area contributed by atoms with Gasteiger partial charge in [0.05, 0.1) is 16.8 Å². The molecule has 2 aromatic heterocycles. The van der Waals surface area contributed by atoms with Gasteiger partial charge in [0.15, 0.2) is 5.76 Å². The highest BCUT2D eigenvalue weighted by Crippen LogP contribution is 2.18. The number of rotatable bonds is 4. The Labute approximate surface area is 136 Å². The number of benzene rings is 1. The van der Waals surface area contributed by atoms with Crippen LogP contribution in [0.3, 0.4) is 0 Å². The summed E-state index contributed by atoms with van der Waals surface area (Å²) in [6, 6.07) is 10.9. The maximum Gasteiger partial charge on any atom is 0.253 e. The highest BCUT2D eigenvalue weighted by atomic mass is 35.5. The van der Waals surface area contributed by atoms with E-state index < -0.39 is 5.82 Å². The number of aromatic nitrogens is 1. The smallest absolute Gasteiger partial charge is 0.253 e. The molecular formula is C17H12ClFN2O2. The monoisotopic (exact) mass is 330 g/mol. The minimum Gasteiger partial charge on any atom is -0.463 e. The number of hydrogen-bond donors (Lipinski definition) is 1. The second-order valence-electron chi connectivity index (χ2n) is 4.84. The van der Waals surface area contributed by atoms with Gasteiger partial charge in [-0.2, -0.15) is 0 Å². The molecule has 3 aromatic rings. The van der Waals surface area contributed by atoms with Crippen molar-refractivity contribution in [3.8, 4) is 11.5 Å². The zero-order chi connectivity index (χ0) is 16.2. The molecule has 3 rings (SSSR count). The lowest BCUT2D eigenvalue weighted by molar-refractivity contribution is 0.0951. The van der Waals surface area contributed by atoms with E-state index >= 15 is 0 Å². The summed E-state index contributed by atoms with van der Waals surface area (Å²) in [7, 11) is 0. The van der Waals surface area contributed by atoms with E-state index in [1.54, 1.807) is 18.5 Å². The van der Waals surface area contributed by atoms with Crippen LogP contribution in [0, 0.1) is 5.82 Å². The van der Waals surface area contributed by atoms with E-state index in [0.717, 1.165) is 11.6 Å². The predicted molar refractivity (Wildman–Crippen MR) is 84.5 cm³/mol. The van der Waals surface area contributed by atoms with Crippen molar-refractivity contribution in [3.05, 3.63) is 76.9 Å². The van der Waals surface area contributed by atoms with Crippen molar-refractivity contribution in [3.63, 3.8) is 0 Å². The van der Waals surface area contributed by atoms with E-state index in [2.05, 4.69) is 10.3 Å². The molecule has 0 radical (unpaired) electrons. The number of nitrogens with one attached hydrogen (secondary N) is 1. The van der Waals surface area contributed by atoms with E-state index in [0.29, 0.717) is 11.5 Å². The maximum absolute atomic E-state index is 13.0. The molecule has 1 N–H and O–H groups in total. The summed E-state index contributed by atoms with van der Waals surface area (Å²) >= 11 is 5.86. The number of amides is 1. The summed E-state index contributed by atoms with van der Waals surface area (Å²) < 4.78 is 18.2. The number of nitrogens with zero attached hydrogens (tertiary/aromatic N) is 1. The zero-order valence-corrected chi connectivity index (χ0v) is 12.7. The first kappa shape index (κ1) is 15.2. The fourth-order valence-electron chi connectivity index (χ4n) is 2.05. The first-order valence-electron chi connectivity index (χ1n) is 6.85. The minimum absolute atomic E-state index is 0.0776. The van der Waals surface area contributed by atoms with Crippen LogP contribution in [0.5, 0.6) is 0 Å². The third-order valence-corrected chi connectivity index (χ3v) is 3.54. The molecule has 0 saturated heterocycles. The lowest BCUT2D eigenvalue weighted by Gasteiger charge is -2.07. The average molecular weight is 331 g/mol. The van der Waals surface area contributed by atoms with Gasteiger partial charge >= 0.3 is 0 Å². The molecular weight excluding hydrogens is 319 g/mol. The highest BCUT2D eigenvalue weighted by molar-refractivity contribution is 6.33. The molecule has 0 saturated carbocycles. The summed E-state index contributed by atoms with van der Waals surface area (Å²) in [5, 5.41) is 2.80. The molecule has 0 atom stereocenters. The molecule has 1 aromatic carbocycles. The Morgan fingerprint density at radius 2 is 2.13 bits per heavy atom. The molecule has 2 heterocycles. The number of furan rings is 1. The Morgan fingerprint density at radius 3 is 2.78 bits per heavy atom. The van der Waals surface area contributed by atoms with Crippen LogP contribution >= 0.6 is 11.6 Å². The summed E-state index contributed by atoms with van der Waals surface area (Å²) in [4.78, 5) is 16.3. The van der Waals surface area contributed by atoms with Crippen molar-refractivity contribution in [1.82, 2.24) is 10.3 Å². The topological polar surface area (TPSA) is 55.1 Å². The van der Waals surface area contributed by atoms with E-state index in [1.165, 1.54) is 12.1 Å². The largest absolute Gasteiger partial charge is 0.463 e. The van der Waals surface area contributed by atoms with Gasteiger partial charge in [-0.1, -0.05) is 17.7 Å². The first-order chi connectivity index (χ1) is 11.1. The van der Waals surface area contributed by atoms with Gasteiger partial charge in [0, 0.05) is 12.7 Å². The highest BCUT2D eigenvalue weighted by Gasteiger charge is 2.11. The molecule has 0 fully saturated rings. The Kier molecular flexibility index (Phi) is 4.39. The average Bonchev–Trinajstić information content (AvgIpc) is 3.07. The molecule has 23 heavy (non-hydrogen) atoms. The maximum atomic E-state index is 13.0. The van der Waals surface area contributed by atoms with Gasteiger partial charge in [-0.05, 0) is 42.0 Å². The van der Waals surface area contributed by atoms with Gasteiger partial charge < -0.3 is 9.73 Å². The van der Waals surface area contributed by atoms with Crippen LogP contribution in [0.25, 0.3) is 11.5 Å². The minimum atomic E-state index is -0.482. The third kappa shape index (κ3) is 3.57. The van der Waals surface area contributed by atoms with Crippen LogP contribution in [-0.4, -0.2) is 10.9 Å². The van der Waals surface area contributed by atoms with Crippen LogP contribution in [0.4, 0.5) is 4.39 Å². The van der Waals surface area contributed by atoms with Crippen LogP contribution in [-0.2, 0) is 6.54 Å². The summed E-state index contributed by atoms with van der Waals surface area (Å²) in [5.74, 6) is -0.173. The zero-order valence-electron chi connectivity index (χ0n) is 11.9. The first-order valence-corrected chi connectivity index (χ1v) is 7.23. The van der Waals surface area contributed by atoms with Gasteiger partial charge in [0.2, 0.25) is 0 Å². The molecule has 0 unspecified atom stereocenters. The van der Waals surface area contributed by atoms with Gasteiger partial charge in [-0.15, -0.1) is 0 Å². The van der Waals surface area contributed by atoms with E-state index in [1.807, 2.05) is 18.2 Å². The lowest BCUT2D eigenvalue weighted by Crippen LogP contribution is -2.23. The van der Waals surface area contributed by atoms with Crippen LogP contribution < -0.4 is 5.32 Å². The van der Waals surface area contributed by atoms with Crippen LogP contribution in [0.15, 0.2) is 59.3 Å². The fraction of sp³-hybridized carbons (Fsp3) is 0.0588. The number of halogens is 2.